The number of rotatable bonds is 8. The van der Waals surface area contributed by atoms with Crippen molar-refractivity contribution < 1.29 is 18.7 Å². The van der Waals surface area contributed by atoms with Gasteiger partial charge in [-0.05, 0) is 44.9 Å². The minimum atomic E-state index is -0.461. The molecule has 1 aliphatic rings. The van der Waals surface area contributed by atoms with E-state index in [1.54, 1.807) is 24.1 Å². The summed E-state index contributed by atoms with van der Waals surface area (Å²) < 4.78 is 20.6. The molecule has 0 unspecified atom stereocenters. The predicted octanol–water partition coefficient (Wildman–Crippen LogP) is 2.90. The Balaban J connectivity index is 1.84. The number of halogens is 1. The van der Waals surface area contributed by atoms with Crippen molar-refractivity contribution in [3.05, 3.63) is 52.6 Å². The van der Waals surface area contributed by atoms with Gasteiger partial charge >= 0.3 is 0 Å². The minimum absolute atomic E-state index is 0.0219. The maximum atomic E-state index is 13.5. The van der Waals surface area contributed by atoms with Crippen LogP contribution in [0.1, 0.15) is 48.3 Å². The number of aromatic nitrogens is 2. The summed E-state index contributed by atoms with van der Waals surface area (Å²) in [5, 5.41) is 7.56. The number of benzene rings is 1. The molecule has 0 bridgehead atoms. The molecule has 31 heavy (non-hydrogen) atoms. The van der Waals surface area contributed by atoms with Crippen molar-refractivity contribution in [2.75, 3.05) is 20.3 Å². The van der Waals surface area contributed by atoms with Crippen LogP contribution in [-0.2, 0) is 27.4 Å². The van der Waals surface area contributed by atoms with Crippen LogP contribution >= 0.6 is 0 Å². The number of nitrogens with one attached hydrogen (secondary N) is 1. The molecule has 1 N–H and O–H groups in total. The Kier molecular flexibility index (Phi) is 7.43. The number of hydrogen-bond donors (Lipinski definition) is 1. The number of hydrogen-bond acceptors (Lipinski definition) is 4. The highest BCUT2D eigenvalue weighted by Gasteiger charge is 2.40. The highest BCUT2D eigenvalue weighted by Crippen LogP contribution is 2.37. The van der Waals surface area contributed by atoms with Crippen LogP contribution in [0.4, 0.5) is 4.39 Å². The molecule has 168 valence electrons. The van der Waals surface area contributed by atoms with Gasteiger partial charge in [0.1, 0.15) is 5.82 Å². The Morgan fingerprint density at radius 2 is 2.00 bits per heavy atom. The number of carbonyl (C=O) groups excluding carboxylic acids is 2. The van der Waals surface area contributed by atoms with E-state index in [4.69, 9.17) is 4.74 Å². The van der Waals surface area contributed by atoms with Crippen molar-refractivity contribution in [1.29, 1.82) is 0 Å². The van der Waals surface area contributed by atoms with Gasteiger partial charge in [0.2, 0.25) is 11.8 Å². The molecule has 0 radical (unpaired) electrons. The SMILES string of the molecule is CCn1nc(C)c(CNC(=O)[C@@H]2CCC(=O)N(CCOC)[C@H]2c2ccc(F)cc2)c1C. The summed E-state index contributed by atoms with van der Waals surface area (Å²) in [4.78, 5) is 27.6. The van der Waals surface area contributed by atoms with Crippen LogP contribution in [0.5, 0.6) is 0 Å². The van der Waals surface area contributed by atoms with Gasteiger partial charge in [0, 0.05) is 44.4 Å². The van der Waals surface area contributed by atoms with Crippen LogP contribution in [0.25, 0.3) is 0 Å². The van der Waals surface area contributed by atoms with E-state index in [9.17, 15) is 14.0 Å². The number of piperidine rings is 1. The van der Waals surface area contributed by atoms with Crippen molar-refractivity contribution in [3.8, 4) is 0 Å². The van der Waals surface area contributed by atoms with Gasteiger partial charge in [-0.25, -0.2) is 4.39 Å². The van der Waals surface area contributed by atoms with Crippen LogP contribution in [0.3, 0.4) is 0 Å². The predicted molar refractivity (Wildman–Crippen MR) is 115 cm³/mol. The van der Waals surface area contributed by atoms with Gasteiger partial charge < -0.3 is 15.0 Å². The first-order valence-corrected chi connectivity index (χ1v) is 10.7. The molecule has 1 aromatic carbocycles. The zero-order valence-corrected chi connectivity index (χ0v) is 18.7. The largest absolute Gasteiger partial charge is 0.383 e. The lowest BCUT2D eigenvalue weighted by Crippen LogP contribution is -2.49. The molecule has 0 saturated carbocycles. The Hall–Kier alpha value is -2.74. The maximum absolute atomic E-state index is 13.5. The Morgan fingerprint density at radius 1 is 1.29 bits per heavy atom. The second kappa shape index (κ2) is 10.0. The first-order chi connectivity index (χ1) is 14.9. The summed E-state index contributed by atoms with van der Waals surface area (Å²) >= 11 is 0. The molecule has 2 atom stereocenters. The fourth-order valence-corrected chi connectivity index (χ4v) is 4.36. The van der Waals surface area contributed by atoms with E-state index in [1.807, 2.05) is 25.5 Å². The van der Waals surface area contributed by atoms with E-state index in [1.165, 1.54) is 12.1 Å². The molecule has 7 nitrogen and oxygen atoms in total. The van der Waals surface area contributed by atoms with Gasteiger partial charge in [0.25, 0.3) is 0 Å². The molecule has 2 heterocycles. The van der Waals surface area contributed by atoms with Crippen molar-refractivity contribution in [1.82, 2.24) is 20.0 Å². The fraction of sp³-hybridized carbons (Fsp3) is 0.522. The van der Waals surface area contributed by atoms with Gasteiger partial charge in [-0.3, -0.25) is 14.3 Å². The number of carbonyl (C=O) groups is 2. The average molecular weight is 431 g/mol. The molecular formula is C23H31FN4O3. The first-order valence-electron chi connectivity index (χ1n) is 10.7. The highest BCUT2D eigenvalue weighted by atomic mass is 19.1. The standard InChI is InChI=1S/C23H31FN4O3/c1-5-28-16(3)20(15(2)26-28)14-25-23(30)19-10-11-21(29)27(12-13-31-4)22(19)17-6-8-18(24)9-7-17/h6-9,19,22H,5,10-14H2,1-4H3,(H,25,30)/t19-,22+/m1/s1. The molecule has 0 aliphatic carbocycles. The lowest BCUT2D eigenvalue weighted by Gasteiger charge is -2.40. The molecular weight excluding hydrogens is 399 g/mol. The third kappa shape index (κ3) is 4.95. The molecule has 2 aromatic rings. The number of methoxy groups -OCH3 is 1. The summed E-state index contributed by atoms with van der Waals surface area (Å²) in [5.74, 6) is -0.922. The quantitative estimate of drug-likeness (QED) is 0.699. The molecule has 1 fully saturated rings. The number of ether oxygens (including phenoxy) is 1. The van der Waals surface area contributed by atoms with E-state index >= 15 is 0 Å². The van der Waals surface area contributed by atoms with Crippen LogP contribution in [0.15, 0.2) is 24.3 Å². The van der Waals surface area contributed by atoms with Crippen molar-refractivity contribution in [3.63, 3.8) is 0 Å². The lowest BCUT2D eigenvalue weighted by molar-refractivity contribution is -0.144. The lowest BCUT2D eigenvalue weighted by atomic mass is 9.83. The smallest absolute Gasteiger partial charge is 0.225 e. The highest BCUT2D eigenvalue weighted by molar-refractivity contribution is 5.85. The van der Waals surface area contributed by atoms with E-state index < -0.39 is 12.0 Å². The summed E-state index contributed by atoms with van der Waals surface area (Å²) in [5.41, 5.74) is 3.69. The second-order valence-electron chi connectivity index (χ2n) is 7.90. The number of nitrogens with zero attached hydrogens (tertiary/aromatic N) is 3. The maximum Gasteiger partial charge on any atom is 0.225 e. The molecule has 8 heteroatoms. The average Bonchev–Trinajstić information content (AvgIpc) is 3.04. The van der Waals surface area contributed by atoms with E-state index in [0.717, 1.165) is 29.1 Å². The normalized spacial score (nSPS) is 19.0. The topological polar surface area (TPSA) is 76.5 Å². The molecule has 2 amide bonds. The van der Waals surface area contributed by atoms with Gasteiger partial charge in [-0.1, -0.05) is 12.1 Å². The van der Waals surface area contributed by atoms with Crippen molar-refractivity contribution in [2.45, 2.75) is 52.7 Å². The van der Waals surface area contributed by atoms with E-state index in [0.29, 0.717) is 32.5 Å². The first kappa shape index (κ1) is 22.9. The Bertz CT molecular complexity index is 926. The van der Waals surface area contributed by atoms with Gasteiger partial charge in [-0.2, -0.15) is 5.10 Å². The monoisotopic (exact) mass is 430 g/mol. The Labute approximate surface area is 182 Å². The van der Waals surface area contributed by atoms with E-state index in [2.05, 4.69) is 10.4 Å². The zero-order chi connectivity index (χ0) is 22.5. The van der Waals surface area contributed by atoms with Crippen LogP contribution in [0.2, 0.25) is 0 Å². The van der Waals surface area contributed by atoms with Crippen LogP contribution in [-0.4, -0.2) is 46.8 Å². The molecule has 0 spiro atoms. The summed E-state index contributed by atoms with van der Waals surface area (Å²) in [6.45, 7) is 7.87. The van der Waals surface area contributed by atoms with Crippen molar-refractivity contribution in [2.24, 2.45) is 5.92 Å². The molecule has 1 aliphatic heterocycles. The fourth-order valence-electron chi connectivity index (χ4n) is 4.36. The number of aryl methyl sites for hydroxylation is 2. The van der Waals surface area contributed by atoms with Crippen LogP contribution < -0.4 is 5.32 Å². The van der Waals surface area contributed by atoms with Crippen LogP contribution in [0, 0.1) is 25.6 Å². The minimum Gasteiger partial charge on any atom is -0.383 e. The van der Waals surface area contributed by atoms with Crippen molar-refractivity contribution >= 4 is 11.8 Å². The summed E-state index contributed by atoms with van der Waals surface area (Å²) in [6.07, 6.45) is 0.744. The molecule has 1 aromatic heterocycles. The number of likely N-dealkylation sites (tertiary alicyclic amines) is 1. The van der Waals surface area contributed by atoms with Gasteiger partial charge in [0.05, 0.1) is 24.3 Å². The van der Waals surface area contributed by atoms with Gasteiger partial charge in [0.15, 0.2) is 0 Å². The number of amides is 2. The van der Waals surface area contributed by atoms with E-state index in [-0.39, 0.29) is 17.6 Å². The third-order valence-corrected chi connectivity index (χ3v) is 6.06. The summed E-state index contributed by atoms with van der Waals surface area (Å²) in [7, 11) is 1.58. The molecule has 3 rings (SSSR count). The molecule has 1 saturated heterocycles. The third-order valence-electron chi connectivity index (χ3n) is 6.06. The summed E-state index contributed by atoms with van der Waals surface area (Å²) in [6, 6.07) is 5.57. The Morgan fingerprint density at radius 3 is 2.61 bits per heavy atom. The zero-order valence-electron chi connectivity index (χ0n) is 18.7. The second-order valence-corrected chi connectivity index (χ2v) is 7.90. The van der Waals surface area contributed by atoms with Gasteiger partial charge in [-0.15, -0.1) is 0 Å².